The molecule has 0 unspecified atom stereocenters. The molecule has 1 N–H and O–H groups in total. The molecule has 4 heteroatoms. The topological polar surface area (TPSA) is 41.3 Å². The van der Waals surface area contributed by atoms with Crippen LogP contribution in [0.4, 0.5) is 0 Å². The number of aliphatic hydroxyl groups excluding tert-OH is 1. The van der Waals surface area contributed by atoms with Crippen LogP contribution < -0.4 is 0 Å². The molecule has 0 fully saturated rings. The van der Waals surface area contributed by atoms with Crippen molar-refractivity contribution < 1.29 is 5.11 Å². The summed E-state index contributed by atoms with van der Waals surface area (Å²) in [6.45, 7) is 5.00. The van der Waals surface area contributed by atoms with Crippen molar-refractivity contribution in [2.45, 2.75) is 25.9 Å². The molecule has 1 rings (SSSR count). The van der Waals surface area contributed by atoms with Crippen LogP contribution in [0.2, 0.25) is 0 Å². The summed E-state index contributed by atoms with van der Waals surface area (Å²) in [4.78, 5) is 2.12. The fourth-order valence-corrected chi connectivity index (χ4v) is 1.16. The Kier molecular flexibility index (Phi) is 3.29. The Morgan fingerprint density at radius 3 is 2.64 bits per heavy atom. The second kappa shape index (κ2) is 4.11. The lowest BCUT2D eigenvalue weighted by Gasteiger charge is -2.33. The van der Waals surface area contributed by atoms with Crippen molar-refractivity contribution in [3.63, 3.8) is 0 Å². The zero-order valence-corrected chi connectivity index (χ0v) is 9.36. The number of aryl methyl sites for hydroxylation is 1. The van der Waals surface area contributed by atoms with Crippen LogP contribution in [0.15, 0.2) is 12.4 Å². The normalized spacial score (nSPS) is 12.4. The average Bonchev–Trinajstić information content (AvgIpc) is 2.51. The molecular formula is C10H19N3O. The summed E-state index contributed by atoms with van der Waals surface area (Å²) < 4.78 is 1.79. The van der Waals surface area contributed by atoms with Gasteiger partial charge in [-0.1, -0.05) is 0 Å². The van der Waals surface area contributed by atoms with E-state index in [4.69, 9.17) is 0 Å². The number of likely N-dealkylation sites (N-methyl/N-ethyl adjacent to an activating group) is 1. The smallest absolute Gasteiger partial charge is 0.0610 e. The first-order chi connectivity index (χ1) is 6.45. The molecule has 0 bridgehead atoms. The highest BCUT2D eigenvalue weighted by Crippen LogP contribution is 2.14. The molecule has 0 saturated heterocycles. The van der Waals surface area contributed by atoms with Gasteiger partial charge in [0.25, 0.3) is 0 Å². The van der Waals surface area contributed by atoms with Crippen LogP contribution >= 0.6 is 0 Å². The first-order valence-electron chi connectivity index (χ1n) is 4.75. The third-order valence-corrected chi connectivity index (χ3v) is 2.60. The Hall–Kier alpha value is -0.870. The van der Waals surface area contributed by atoms with Crippen LogP contribution in [-0.2, 0) is 13.6 Å². The van der Waals surface area contributed by atoms with E-state index in [1.165, 1.54) is 0 Å². The molecule has 1 aromatic rings. The number of nitrogens with zero attached hydrogens (tertiary/aromatic N) is 3. The quantitative estimate of drug-likeness (QED) is 0.769. The van der Waals surface area contributed by atoms with Crippen molar-refractivity contribution in [3.05, 3.63) is 18.0 Å². The molecular weight excluding hydrogens is 178 g/mol. The van der Waals surface area contributed by atoms with Gasteiger partial charge in [0.1, 0.15) is 0 Å². The lowest BCUT2D eigenvalue weighted by molar-refractivity contribution is 0.0734. The van der Waals surface area contributed by atoms with Gasteiger partial charge in [0.05, 0.1) is 12.8 Å². The standard InChI is InChI=1S/C10H19N3O/c1-10(2,8-14)12(3)6-9-5-11-13(4)7-9/h5,7,14H,6,8H2,1-4H3. The average molecular weight is 197 g/mol. The van der Waals surface area contributed by atoms with E-state index in [0.29, 0.717) is 0 Å². The Morgan fingerprint density at radius 1 is 1.57 bits per heavy atom. The van der Waals surface area contributed by atoms with E-state index in [0.717, 1.165) is 12.1 Å². The zero-order chi connectivity index (χ0) is 10.8. The minimum atomic E-state index is -0.185. The number of hydrogen-bond acceptors (Lipinski definition) is 3. The van der Waals surface area contributed by atoms with Gasteiger partial charge in [0, 0.05) is 30.9 Å². The van der Waals surface area contributed by atoms with Crippen LogP contribution in [0.25, 0.3) is 0 Å². The Bertz CT molecular complexity index is 293. The largest absolute Gasteiger partial charge is 0.394 e. The van der Waals surface area contributed by atoms with Gasteiger partial charge in [-0.25, -0.2) is 0 Å². The lowest BCUT2D eigenvalue weighted by Crippen LogP contribution is -2.43. The minimum Gasteiger partial charge on any atom is -0.394 e. The van der Waals surface area contributed by atoms with E-state index in [9.17, 15) is 5.11 Å². The maximum atomic E-state index is 9.19. The highest BCUT2D eigenvalue weighted by atomic mass is 16.3. The van der Waals surface area contributed by atoms with Crippen LogP contribution in [0.1, 0.15) is 19.4 Å². The summed E-state index contributed by atoms with van der Waals surface area (Å²) in [5, 5.41) is 13.3. The van der Waals surface area contributed by atoms with Crippen molar-refractivity contribution in [2.75, 3.05) is 13.7 Å². The summed E-state index contributed by atoms with van der Waals surface area (Å²) in [6.07, 6.45) is 3.84. The summed E-state index contributed by atoms with van der Waals surface area (Å²) in [5.41, 5.74) is 0.979. The molecule has 0 aliphatic carbocycles. The molecule has 0 atom stereocenters. The fraction of sp³-hybridized carbons (Fsp3) is 0.700. The van der Waals surface area contributed by atoms with Gasteiger partial charge < -0.3 is 5.11 Å². The molecule has 0 radical (unpaired) electrons. The van der Waals surface area contributed by atoms with Crippen LogP contribution in [0.5, 0.6) is 0 Å². The van der Waals surface area contributed by atoms with E-state index in [2.05, 4.69) is 10.00 Å². The first-order valence-corrected chi connectivity index (χ1v) is 4.75. The van der Waals surface area contributed by atoms with Crippen molar-refractivity contribution in [2.24, 2.45) is 7.05 Å². The van der Waals surface area contributed by atoms with E-state index in [1.807, 2.05) is 40.3 Å². The molecule has 0 amide bonds. The number of rotatable bonds is 4. The predicted octanol–water partition coefficient (Wildman–Crippen LogP) is 0.623. The molecule has 0 aliphatic heterocycles. The van der Waals surface area contributed by atoms with E-state index in [-0.39, 0.29) is 12.1 Å². The first kappa shape index (κ1) is 11.2. The van der Waals surface area contributed by atoms with Gasteiger partial charge in [-0.15, -0.1) is 0 Å². The van der Waals surface area contributed by atoms with Gasteiger partial charge in [-0.05, 0) is 20.9 Å². The Balaban J connectivity index is 2.61. The van der Waals surface area contributed by atoms with E-state index in [1.54, 1.807) is 4.68 Å². The van der Waals surface area contributed by atoms with E-state index >= 15 is 0 Å². The fourth-order valence-electron chi connectivity index (χ4n) is 1.16. The highest BCUT2D eigenvalue weighted by molar-refractivity contribution is 5.04. The van der Waals surface area contributed by atoms with Gasteiger partial charge in [-0.2, -0.15) is 5.10 Å². The second-order valence-electron chi connectivity index (χ2n) is 4.35. The van der Waals surface area contributed by atoms with Crippen LogP contribution in [0, 0.1) is 0 Å². The van der Waals surface area contributed by atoms with E-state index < -0.39 is 0 Å². The number of aromatic nitrogens is 2. The van der Waals surface area contributed by atoms with Gasteiger partial charge >= 0.3 is 0 Å². The maximum Gasteiger partial charge on any atom is 0.0610 e. The van der Waals surface area contributed by atoms with Crippen molar-refractivity contribution in [1.82, 2.24) is 14.7 Å². The zero-order valence-electron chi connectivity index (χ0n) is 9.36. The molecule has 4 nitrogen and oxygen atoms in total. The Labute approximate surface area is 85.1 Å². The SMILES string of the molecule is CN(Cc1cnn(C)c1)C(C)(C)CO. The predicted molar refractivity (Wildman–Crippen MR) is 55.8 cm³/mol. The summed E-state index contributed by atoms with van der Waals surface area (Å²) in [6, 6.07) is 0. The minimum absolute atomic E-state index is 0.157. The molecule has 1 aromatic heterocycles. The number of hydrogen-bond donors (Lipinski definition) is 1. The third kappa shape index (κ3) is 2.56. The second-order valence-corrected chi connectivity index (χ2v) is 4.35. The molecule has 1 heterocycles. The van der Waals surface area contributed by atoms with Crippen LogP contribution in [0.3, 0.4) is 0 Å². The molecule has 0 spiro atoms. The molecule has 14 heavy (non-hydrogen) atoms. The monoisotopic (exact) mass is 197 g/mol. The van der Waals surface area contributed by atoms with Crippen molar-refractivity contribution in [3.8, 4) is 0 Å². The van der Waals surface area contributed by atoms with Gasteiger partial charge in [-0.3, -0.25) is 9.58 Å². The summed E-state index contributed by atoms with van der Waals surface area (Å²) >= 11 is 0. The highest BCUT2D eigenvalue weighted by Gasteiger charge is 2.22. The summed E-state index contributed by atoms with van der Waals surface area (Å²) in [5.74, 6) is 0. The van der Waals surface area contributed by atoms with Gasteiger partial charge in [0.15, 0.2) is 0 Å². The Morgan fingerprint density at radius 2 is 2.21 bits per heavy atom. The van der Waals surface area contributed by atoms with Gasteiger partial charge in [0.2, 0.25) is 0 Å². The molecule has 0 saturated carbocycles. The van der Waals surface area contributed by atoms with Crippen molar-refractivity contribution >= 4 is 0 Å². The van der Waals surface area contributed by atoms with Crippen molar-refractivity contribution in [1.29, 1.82) is 0 Å². The molecule has 0 aliphatic rings. The number of aliphatic hydroxyl groups is 1. The lowest BCUT2D eigenvalue weighted by atomic mass is 10.0. The molecule has 0 aromatic carbocycles. The third-order valence-electron chi connectivity index (χ3n) is 2.60. The van der Waals surface area contributed by atoms with Crippen LogP contribution in [-0.4, -0.2) is 39.0 Å². The maximum absolute atomic E-state index is 9.19. The summed E-state index contributed by atoms with van der Waals surface area (Å²) in [7, 11) is 3.91. The molecule has 80 valence electrons.